The maximum atomic E-state index is 11.0. The van der Waals surface area contributed by atoms with Gasteiger partial charge in [0.25, 0.3) is 0 Å². The first kappa shape index (κ1) is 12.5. The minimum atomic E-state index is -0.467. The van der Waals surface area contributed by atoms with E-state index in [0.29, 0.717) is 18.2 Å². The van der Waals surface area contributed by atoms with Gasteiger partial charge in [-0.15, -0.1) is 0 Å². The maximum absolute atomic E-state index is 11.0. The van der Waals surface area contributed by atoms with E-state index >= 15 is 0 Å². The zero-order valence-corrected chi connectivity index (χ0v) is 10.3. The van der Waals surface area contributed by atoms with Crippen LogP contribution in [0.2, 0.25) is 0 Å². The molecule has 18 heavy (non-hydrogen) atoms. The van der Waals surface area contributed by atoms with Crippen LogP contribution in [0.1, 0.15) is 31.4 Å². The van der Waals surface area contributed by atoms with Crippen LogP contribution in [0.5, 0.6) is 0 Å². The molecule has 1 saturated carbocycles. The molecule has 0 bridgehead atoms. The molecule has 0 aromatic carbocycles. The molecule has 0 aliphatic heterocycles. The number of rotatable bonds is 4. The molecule has 0 atom stereocenters. The van der Waals surface area contributed by atoms with Gasteiger partial charge in [0.2, 0.25) is 11.8 Å². The molecule has 1 heterocycles. The number of nitrogen functional groups attached to an aromatic ring is 1. The predicted molar refractivity (Wildman–Crippen MR) is 68.3 cm³/mol. The summed E-state index contributed by atoms with van der Waals surface area (Å²) < 4.78 is 0. The molecule has 0 unspecified atom stereocenters. The van der Waals surface area contributed by atoms with Gasteiger partial charge >= 0.3 is 5.69 Å². The quantitative estimate of drug-likeness (QED) is 0.625. The minimum absolute atomic E-state index is 0.0621. The Morgan fingerprint density at radius 2 is 2.11 bits per heavy atom. The second kappa shape index (κ2) is 5.16. The standard InChI is InChI=1S/C11H17N5O2/c1-7-9(16(17)18)10(15-11(12)14-7)13-6-8-4-2-3-5-8/h8H,2-6H2,1H3,(H3,12,13,14,15). The normalized spacial score (nSPS) is 15.8. The van der Waals surface area contributed by atoms with Gasteiger partial charge < -0.3 is 11.1 Å². The van der Waals surface area contributed by atoms with E-state index in [9.17, 15) is 10.1 Å². The van der Waals surface area contributed by atoms with Crippen molar-refractivity contribution in [2.45, 2.75) is 32.6 Å². The summed E-state index contributed by atoms with van der Waals surface area (Å²) in [5.41, 5.74) is 5.74. The van der Waals surface area contributed by atoms with E-state index in [2.05, 4.69) is 15.3 Å². The summed E-state index contributed by atoms with van der Waals surface area (Å²) in [5, 5.41) is 14.0. The molecule has 2 rings (SSSR count). The number of anilines is 2. The number of nitrogens with two attached hydrogens (primary N) is 1. The summed E-state index contributed by atoms with van der Waals surface area (Å²) in [5.74, 6) is 0.866. The summed E-state index contributed by atoms with van der Waals surface area (Å²) in [7, 11) is 0. The van der Waals surface area contributed by atoms with Gasteiger partial charge in [-0.2, -0.15) is 4.98 Å². The average molecular weight is 251 g/mol. The Morgan fingerprint density at radius 3 is 2.72 bits per heavy atom. The van der Waals surface area contributed by atoms with Gasteiger partial charge in [-0.1, -0.05) is 12.8 Å². The molecule has 0 saturated heterocycles. The summed E-state index contributed by atoms with van der Waals surface area (Å²) in [4.78, 5) is 18.3. The van der Waals surface area contributed by atoms with Crippen molar-refractivity contribution >= 4 is 17.5 Å². The van der Waals surface area contributed by atoms with Gasteiger partial charge in [0.15, 0.2) is 0 Å². The molecule has 0 spiro atoms. The second-order valence-electron chi connectivity index (χ2n) is 4.65. The van der Waals surface area contributed by atoms with E-state index < -0.39 is 4.92 Å². The molecular formula is C11H17N5O2. The van der Waals surface area contributed by atoms with Gasteiger partial charge in [-0.3, -0.25) is 10.1 Å². The van der Waals surface area contributed by atoms with E-state index in [1.165, 1.54) is 25.7 Å². The van der Waals surface area contributed by atoms with Gasteiger partial charge in [-0.05, 0) is 25.7 Å². The Labute approximate surface area is 105 Å². The van der Waals surface area contributed by atoms with Crippen LogP contribution in [0.4, 0.5) is 17.5 Å². The molecule has 7 nitrogen and oxygen atoms in total. The minimum Gasteiger partial charge on any atom is -0.368 e. The third-order valence-electron chi connectivity index (χ3n) is 3.29. The van der Waals surface area contributed by atoms with Crippen LogP contribution in [0.15, 0.2) is 0 Å². The van der Waals surface area contributed by atoms with E-state index in [-0.39, 0.29) is 17.5 Å². The van der Waals surface area contributed by atoms with Crippen LogP contribution in [0, 0.1) is 23.0 Å². The lowest BCUT2D eigenvalue weighted by atomic mass is 10.1. The number of aryl methyl sites for hydroxylation is 1. The van der Waals surface area contributed by atoms with E-state index in [1.54, 1.807) is 6.92 Å². The van der Waals surface area contributed by atoms with E-state index in [0.717, 1.165) is 0 Å². The van der Waals surface area contributed by atoms with Crippen molar-refractivity contribution in [1.29, 1.82) is 0 Å². The smallest absolute Gasteiger partial charge is 0.332 e. The molecule has 1 aromatic rings. The number of nitro groups is 1. The molecule has 0 amide bonds. The van der Waals surface area contributed by atoms with Crippen LogP contribution < -0.4 is 11.1 Å². The fourth-order valence-electron chi connectivity index (χ4n) is 2.39. The number of nitrogens with one attached hydrogen (secondary N) is 1. The number of hydrogen-bond donors (Lipinski definition) is 2. The molecule has 98 valence electrons. The highest BCUT2D eigenvalue weighted by atomic mass is 16.6. The van der Waals surface area contributed by atoms with E-state index in [1.807, 2.05) is 0 Å². The van der Waals surface area contributed by atoms with Gasteiger partial charge in [0, 0.05) is 6.54 Å². The van der Waals surface area contributed by atoms with Crippen molar-refractivity contribution in [2.24, 2.45) is 5.92 Å². The molecule has 1 aromatic heterocycles. The van der Waals surface area contributed by atoms with Crippen molar-refractivity contribution in [3.8, 4) is 0 Å². The summed E-state index contributed by atoms with van der Waals surface area (Å²) in [6.45, 7) is 2.27. The van der Waals surface area contributed by atoms with Gasteiger partial charge in [0.1, 0.15) is 5.69 Å². The molecule has 0 radical (unpaired) electrons. The lowest BCUT2D eigenvalue weighted by Gasteiger charge is -2.12. The van der Waals surface area contributed by atoms with Crippen LogP contribution in [0.3, 0.4) is 0 Å². The van der Waals surface area contributed by atoms with Crippen molar-refractivity contribution in [2.75, 3.05) is 17.6 Å². The van der Waals surface area contributed by atoms with Crippen LogP contribution in [0.25, 0.3) is 0 Å². The Morgan fingerprint density at radius 1 is 1.44 bits per heavy atom. The molecule has 1 aliphatic rings. The van der Waals surface area contributed by atoms with Gasteiger partial charge in [0.05, 0.1) is 4.92 Å². The highest BCUT2D eigenvalue weighted by Gasteiger charge is 2.23. The molecular weight excluding hydrogens is 234 g/mol. The predicted octanol–water partition coefficient (Wildman–Crippen LogP) is 1.88. The fraction of sp³-hybridized carbons (Fsp3) is 0.636. The largest absolute Gasteiger partial charge is 0.368 e. The number of nitrogens with zero attached hydrogens (tertiary/aromatic N) is 3. The Hall–Kier alpha value is -1.92. The summed E-state index contributed by atoms with van der Waals surface area (Å²) in [6.07, 6.45) is 4.81. The lowest BCUT2D eigenvalue weighted by molar-refractivity contribution is -0.385. The third kappa shape index (κ3) is 2.66. The SMILES string of the molecule is Cc1nc(N)nc(NCC2CCCC2)c1[N+](=O)[O-]. The lowest BCUT2D eigenvalue weighted by Crippen LogP contribution is -2.15. The molecule has 1 fully saturated rings. The Balaban J connectivity index is 2.16. The van der Waals surface area contributed by atoms with Crippen molar-refractivity contribution in [3.63, 3.8) is 0 Å². The summed E-state index contributed by atoms with van der Waals surface area (Å²) in [6, 6.07) is 0. The van der Waals surface area contributed by atoms with Crippen molar-refractivity contribution in [3.05, 3.63) is 15.8 Å². The monoisotopic (exact) mass is 251 g/mol. The highest BCUT2D eigenvalue weighted by Crippen LogP contribution is 2.28. The fourth-order valence-corrected chi connectivity index (χ4v) is 2.39. The molecule has 1 aliphatic carbocycles. The Kier molecular flexibility index (Phi) is 3.59. The molecule has 7 heteroatoms. The highest BCUT2D eigenvalue weighted by molar-refractivity contribution is 5.60. The van der Waals surface area contributed by atoms with Gasteiger partial charge in [-0.25, -0.2) is 4.98 Å². The maximum Gasteiger partial charge on any atom is 0.332 e. The first-order chi connectivity index (χ1) is 8.58. The average Bonchev–Trinajstić information content (AvgIpc) is 2.77. The van der Waals surface area contributed by atoms with Crippen molar-refractivity contribution in [1.82, 2.24) is 9.97 Å². The number of aromatic nitrogens is 2. The van der Waals surface area contributed by atoms with Crippen LogP contribution in [-0.4, -0.2) is 21.4 Å². The zero-order valence-electron chi connectivity index (χ0n) is 10.3. The Bertz CT molecular complexity index is 457. The number of hydrogen-bond acceptors (Lipinski definition) is 6. The van der Waals surface area contributed by atoms with Crippen LogP contribution in [-0.2, 0) is 0 Å². The first-order valence-electron chi connectivity index (χ1n) is 6.10. The topological polar surface area (TPSA) is 107 Å². The van der Waals surface area contributed by atoms with Crippen LogP contribution >= 0.6 is 0 Å². The first-order valence-corrected chi connectivity index (χ1v) is 6.10. The third-order valence-corrected chi connectivity index (χ3v) is 3.29. The van der Waals surface area contributed by atoms with E-state index in [4.69, 9.17) is 5.73 Å². The second-order valence-corrected chi connectivity index (χ2v) is 4.65. The van der Waals surface area contributed by atoms with Crippen molar-refractivity contribution < 1.29 is 4.92 Å². The zero-order chi connectivity index (χ0) is 13.1. The summed E-state index contributed by atoms with van der Waals surface area (Å²) >= 11 is 0. The molecule has 3 N–H and O–H groups in total.